The molecule has 9 nitrogen and oxygen atoms in total. The van der Waals surface area contributed by atoms with Crippen LogP contribution in [0.3, 0.4) is 0 Å². The van der Waals surface area contributed by atoms with Crippen molar-refractivity contribution in [2.45, 2.75) is 68.6 Å². The zero-order valence-corrected chi connectivity index (χ0v) is 16.4. The Bertz CT molecular complexity index is 720. The lowest BCUT2D eigenvalue weighted by Gasteiger charge is -2.43. The standard InChI is InChI=1S/C21H28O9/c22-11-16-18(26)19(27)20(21(29-16)28-15-4-2-1-3-14(15)24)30-17(25)10-7-12-5-8-13(23)9-6-12/h5-10,14-16,18-24,26-27H,1-4,11H2/t14-,15+,16-,18-,19+,20-,21-/m1/s1. The van der Waals surface area contributed by atoms with Gasteiger partial charge in [0.15, 0.2) is 12.4 Å². The van der Waals surface area contributed by atoms with Gasteiger partial charge in [0.1, 0.15) is 24.1 Å². The van der Waals surface area contributed by atoms with Crippen LogP contribution < -0.4 is 0 Å². The smallest absolute Gasteiger partial charge is 0.331 e. The van der Waals surface area contributed by atoms with E-state index >= 15 is 0 Å². The summed E-state index contributed by atoms with van der Waals surface area (Å²) >= 11 is 0. The van der Waals surface area contributed by atoms with Crippen molar-refractivity contribution in [3.8, 4) is 5.75 Å². The molecule has 0 aromatic heterocycles. The summed E-state index contributed by atoms with van der Waals surface area (Å²) in [6.45, 7) is -0.563. The molecule has 0 bridgehead atoms. The Morgan fingerprint density at radius 2 is 1.80 bits per heavy atom. The Balaban J connectivity index is 1.70. The number of benzene rings is 1. The summed E-state index contributed by atoms with van der Waals surface area (Å²) < 4.78 is 16.6. The minimum atomic E-state index is -1.55. The zero-order valence-electron chi connectivity index (χ0n) is 16.4. The van der Waals surface area contributed by atoms with Crippen LogP contribution in [0.15, 0.2) is 30.3 Å². The van der Waals surface area contributed by atoms with Gasteiger partial charge in [0.05, 0.1) is 18.8 Å². The first-order valence-corrected chi connectivity index (χ1v) is 10.0. The molecule has 5 N–H and O–H groups in total. The number of carbonyl (C=O) groups is 1. The van der Waals surface area contributed by atoms with E-state index in [-0.39, 0.29) is 5.75 Å². The number of phenolic OH excluding ortho intramolecular Hbond substituents is 1. The van der Waals surface area contributed by atoms with Crippen molar-refractivity contribution in [3.63, 3.8) is 0 Å². The Kier molecular flexibility index (Phi) is 7.81. The van der Waals surface area contributed by atoms with Crippen molar-refractivity contribution in [2.24, 2.45) is 0 Å². The van der Waals surface area contributed by atoms with Gasteiger partial charge in [-0.1, -0.05) is 25.0 Å². The van der Waals surface area contributed by atoms with E-state index < -0.39 is 55.5 Å². The van der Waals surface area contributed by atoms with E-state index in [4.69, 9.17) is 14.2 Å². The van der Waals surface area contributed by atoms with Crippen molar-refractivity contribution in [3.05, 3.63) is 35.9 Å². The van der Waals surface area contributed by atoms with Crippen LogP contribution in [0.2, 0.25) is 0 Å². The molecule has 1 saturated carbocycles. The second-order valence-corrected chi connectivity index (χ2v) is 7.56. The molecule has 1 aromatic carbocycles. The number of aliphatic hydroxyl groups is 4. The van der Waals surface area contributed by atoms with Crippen molar-refractivity contribution in [1.29, 1.82) is 0 Å². The van der Waals surface area contributed by atoms with Crippen LogP contribution in [0.5, 0.6) is 5.75 Å². The molecular weight excluding hydrogens is 396 g/mol. The van der Waals surface area contributed by atoms with E-state index in [0.29, 0.717) is 18.4 Å². The van der Waals surface area contributed by atoms with Gasteiger partial charge in [-0.2, -0.15) is 0 Å². The lowest BCUT2D eigenvalue weighted by atomic mass is 9.94. The average Bonchev–Trinajstić information content (AvgIpc) is 2.74. The molecule has 2 fully saturated rings. The maximum absolute atomic E-state index is 12.3. The molecule has 0 unspecified atom stereocenters. The van der Waals surface area contributed by atoms with E-state index in [1.807, 2.05) is 0 Å². The summed E-state index contributed by atoms with van der Waals surface area (Å²) in [5.41, 5.74) is 0.642. The van der Waals surface area contributed by atoms with Gasteiger partial charge >= 0.3 is 5.97 Å². The molecule has 9 heteroatoms. The monoisotopic (exact) mass is 424 g/mol. The fourth-order valence-corrected chi connectivity index (χ4v) is 3.62. The molecule has 3 rings (SSSR count). The maximum atomic E-state index is 12.3. The second kappa shape index (κ2) is 10.3. The number of rotatable bonds is 6. The minimum Gasteiger partial charge on any atom is -0.508 e. The molecule has 1 heterocycles. The van der Waals surface area contributed by atoms with E-state index in [9.17, 15) is 30.3 Å². The highest BCUT2D eigenvalue weighted by atomic mass is 16.7. The summed E-state index contributed by atoms with van der Waals surface area (Å²) in [6, 6.07) is 6.14. The van der Waals surface area contributed by atoms with Crippen molar-refractivity contribution in [2.75, 3.05) is 6.61 Å². The highest BCUT2D eigenvalue weighted by molar-refractivity contribution is 5.87. The molecule has 0 amide bonds. The predicted molar refractivity (Wildman–Crippen MR) is 104 cm³/mol. The molecule has 1 aliphatic heterocycles. The van der Waals surface area contributed by atoms with Gasteiger partial charge in [-0.25, -0.2) is 4.79 Å². The van der Waals surface area contributed by atoms with Crippen LogP contribution in [0.25, 0.3) is 6.08 Å². The van der Waals surface area contributed by atoms with Crippen molar-refractivity contribution in [1.82, 2.24) is 0 Å². The Morgan fingerprint density at radius 1 is 1.10 bits per heavy atom. The Hall–Kier alpha value is -2.01. The summed E-state index contributed by atoms with van der Waals surface area (Å²) in [6.07, 6.45) is -2.59. The van der Waals surface area contributed by atoms with Gasteiger partial charge in [0.2, 0.25) is 0 Å². The van der Waals surface area contributed by atoms with E-state index in [2.05, 4.69) is 0 Å². The number of hydrogen-bond acceptors (Lipinski definition) is 9. The first kappa shape index (κ1) is 22.7. The van der Waals surface area contributed by atoms with Crippen molar-refractivity contribution >= 4 is 12.0 Å². The molecule has 0 radical (unpaired) electrons. The fourth-order valence-electron chi connectivity index (χ4n) is 3.62. The number of hydrogen-bond donors (Lipinski definition) is 5. The molecule has 166 valence electrons. The summed E-state index contributed by atoms with van der Waals surface area (Å²) in [7, 11) is 0. The molecule has 1 saturated heterocycles. The minimum absolute atomic E-state index is 0.0921. The summed E-state index contributed by atoms with van der Waals surface area (Å²) in [5, 5.41) is 49.5. The number of carbonyl (C=O) groups excluding carboxylic acids is 1. The van der Waals surface area contributed by atoms with Crippen LogP contribution in [0.4, 0.5) is 0 Å². The van der Waals surface area contributed by atoms with Gasteiger partial charge in [-0.05, 0) is 36.6 Å². The molecule has 30 heavy (non-hydrogen) atoms. The molecule has 2 aliphatic rings. The number of phenols is 1. The van der Waals surface area contributed by atoms with E-state index in [0.717, 1.165) is 18.9 Å². The predicted octanol–water partition coefficient (Wildman–Crippen LogP) is 0.0763. The largest absolute Gasteiger partial charge is 0.508 e. The Morgan fingerprint density at radius 3 is 2.47 bits per heavy atom. The third-order valence-corrected chi connectivity index (χ3v) is 5.36. The average molecular weight is 424 g/mol. The van der Waals surface area contributed by atoms with Crippen LogP contribution in [0, 0.1) is 0 Å². The second-order valence-electron chi connectivity index (χ2n) is 7.56. The SMILES string of the molecule is O=C(C=Cc1ccc(O)cc1)O[C@H]1[C@H](O[C@H]2CCCC[C@H]2O)O[C@H](CO)[C@@H](O)[C@@H]1O. The molecule has 1 aromatic rings. The quantitative estimate of drug-likeness (QED) is 0.316. The van der Waals surface area contributed by atoms with E-state index in [1.54, 1.807) is 12.1 Å². The van der Waals surface area contributed by atoms with Crippen LogP contribution in [-0.2, 0) is 19.0 Å². The lowest BCUT2D eigenvalue weighted by Crippen LogP contribution is -2.61. The molecule has 1 aliphatic carbocycles. The van der Waals surface area contributed by atoms with Gasteiger partial charge < -0.3 is 39.7 Å². The van der Waals surface area contributed by atoms with Gasteiger partial charge in [-0.15, -0.1) is 0 Å². The number of ether oxygens (including phenoxy) is 3. The van der Waals surface area contributed by atoms with Crippen molar-refractivity contribution < 1.29 is 44.5 Å². The molecular formula is C21H28O9. The number of aliphatic hydroxyl groups excluding tert-OH is 4. The number of aromatic hydroxyl groups is 1. The third kappa shape index (κ3) is 5.57. The normalized spacial score (nSPS) is 34.7. The van der Waals surface area contributed by atoms with Crippen LogP contribution in [-0.4, -0.2) is 81.0 Å². The summed E-state index contributed by atoms with van der Waals surface area (Å²) in [5.74, 6) is -0.710. The summed E-state index contributed by atoms with van der Waals surface area (Å²) in [4.78, 5) is 12.3. The van der Waals surface area contributed by atoms with Gasteiger partial charge in [0.25, 0.3) is 0 Å². The van der Waals surface area contributed by atoms with Gasteiger partial charge in [0, 0.05) is 6.08 Å². The van der Waals surface area contributed by atoms with E-state index in [1.165, 1.54) is 18.2 Å². The zero-order chi connectivity index (χ0) is 21.7. The first-order valence-electron chi connectivity index (χ1n) is 10.0. The first-order chi connectivity index (χ1) is 14.4. The number of esters is 1. The Labute approximate surface area is 174 Å². The van der Waals surface area contributed by atoms with Gasteiger partial charge in [-0.3, -0.25) is 0 Å². The molecule has 0 spiro atoms. The maximum Gasteiger partial charge on any atom is 0.331 e. The molecule has 7 atom stereocenters. The fraction of sp³-hybridized carbons (Fsp3) is 0.571. The topological polar surface area (TPSA) is 146 Å². The highest BCUT2D eigenvalue weighted by Crippen LogP contribution is 2.29. The van der Waals surface area contributed by atoms with Crippen LogP contribution in [0.1, 0.15) is 31.2 Å². The van der Waals surface area contributed by atoms with Crippen LogP contribution >= 0.6 is 0 Å². The highest BCUT2D eigenvalue weighted by Gasteiger charge is 2.48. The third-order valence-electron chi connectivity index (χ3n) is 5.36. The lowest BCUT2D eigenvalue weighted by molar-refractivity contribution is -0.320.